The molecular formula is C19H21N3O2. The third-order valence-corrected chi connectivity index (χ3v) is 4.64. The van der Waals surface area contributed by atoms with Crippen molar-refractivity contribution in [3.63, 3.8) is 0 Å². The van der Waals surface area contributed by atoms with Crippen molar-refractivity contribution in [3.8, 4) is 6.07 Å². The Morgan fingerprint density at radius 2 is 2.29 bits per heavy atom. The van der Waals surface area contributed by atoms with E-state index in [4.69, 9.17) is 5.26 Å². The molecule has 1 aliphatic rings. The monoisotopic (exact) mass is 323 g/mol. The van der Waals surface area contributed by atoms with Gasteiger partial charge in [0.05, 0.1) is 25.6 Å². The molecule has 0 fully saturated rings. The first-order valence-electron chi connectivity index (χ1n) is 8.09. The van der Waals surface area contributed by atoms with Crippen LogP contribution in [0.25, 0.3) is 10.9 Å². The van der Waals surface area contributed by atoms with Gasteiger partial charge in [-0.15, -0.1) is 0 Å². The fraction of sp³-hybridized carbons (Fsp3) is 0.368. The normalized spacial score (nSPS) is 20.0. The number of carbonyl (C=O) groups is 1. The van der Waals surface area contributed by atoms with E-state index in [9.17, 15) is 4.79 Å². The topological polar surface area (TPSA) is 67.0 Å². The molecular weight excluding hydrogens is 302 g/mol. The minimum absolute atomic E-state index is 0.0745. The summed E-state index contributed by atoms with van der Waals surface area (Å²) in [5, 5.41) is 13.9. The Hall–Kier alpha value is -2.58. The van der Waals surface area contributed by atoms with Crippen LogP contribution in [0.5, 0.6) is 0 Å². The lowest BCUT2D eigenvalue weighted by Crippen LogP contribution is -2.39. The highest BCUT2D eigenvalue weighted by molar-refractivity contribution is 5.86. The molecule has 124 valence electrons. The van der Waals surface area contributed by atoms with Crippen molar-refractivity contribution in [2.75, 3.05) is 7.11 Å². The van der Waals surface area contributed by atoms with E-state index in [0.717, 1.165) is 6.42 Å². The van der Waals surface area contributed by atoms with Crippen LogP contribution in [0.2, 0.25) is 0 Å². The van der Waals surface area contributed by atoms with Gasteiger partial charge in [-0.25, -0.2) is 4.79 Å². The van der Waals surface area contributed by atoms with E-state index < -0.39 is 0 Å². The van der Waals surface area contributed by atoms with Gasteiger partial charge in [0, 0.05) is 35.8 Å². The SMILES string of the molecule is COC(=O)/C=C\C[C@@H]1N[C@H](CC#N)Cc2c1n(C)c1ccccc21. The van der Waals surface area contributed by atoms with Crippen LogP contribution in [0.3, 0.4) is 0 Å². The molecule has 0 unspecified atom stereocenters. The molecule has 1 aromatic heterocycles. The Bertz CT molecular complexity index is 829. The molecule has 24 heavy (non-hydrogen) atoms. The molecule has 0 amide bonds. The Balaban J connectivity index is 1.99. The van der Waals surface area contributed by atoms with Crippen LogP contribution in [0.15, 0.2) is 36.4 Å². The highest BCUT2D eigenvalue weighted by Gasteiger charge is 2.30. The van der Waals surface area contributed by atoms with Gasteiger partial charge < -0.3 is 14.6 Å². The van der Waals surface area contributed by atoms with Crippen molar-refractivity contribution in [2.45, 2.75) is 31.3 Å². The largest absolute Gasteiger partial charge is 0.466 e. The van der Waals surface area contributed by atoms with Crippen LogP contribution in [0.4, 0.5) is 0 Å². The van der Waals surface area contributed by atoms with Gasteiger partial charge in [0.1, 0.15) is 0 Å². The summed E-state index contributed by atoms with van der Waals surface area (Å²) < 4.78 is 6.87. The Morgan fingerprint density at radius 1 is 1.50 bits per heavy atom. The van der Waals surface area contributed by atoms with Crippen molar-refractivity contribution in [3.05, 3.63) is 47.7 Å². The number of benzene rings is 1. The molecule has 1 aromatic carbocycles. The summed E-state index contributed by atoms with van der Waals surface area (Å²) >= 11 is 0. The lowest BCUT2D eigenvalue weighted by molar-refractivity contribution is -0.134. The van der Waals surface area contributed by atoms with Gasteiger partial charge in [-0.3, -0.25) is 0 Å². The first-order valence-corrected chi connectivity index (χ1v) is 8.09. The number of carbonyl (C=O) groups excluding carboxylic acids is 1. The van der Waals surface area contributed by atoms with Gasteiger partial charge in [0.25, 0.3) is 0 Å². The maximum absolute atomic E-state index is 11.3. The molecule has 0 aliphatic carbocycles. The lowest BCUT2D eigenvalue weighted by atomic mass is 9.91. The van der Waals surface area contributed by atoms with Crippen LogP contribution in [-0.4, -0.2) is 23.7 Å². The Labute approximate surface area is 141 Å². The summed E-state index contributed by atoms with van der Waals surface area (Å²) in [7, 11) is 3.45. The van der Waals surface area contributed by atoms with E-state index >= 15 is 0 Å². The van der Waals surface area contributed by atoms with Gasteiger partial charge in [0.15, 0.2) is 0 Å². The molecule has 3 rings (SSSR count). The summed E-state index contributed by atoms with van der Waals surface area (Å²) in [5.41, 5.74) is 3.74. The van der Waals surface area contributed by atoms with E-state index in [0.29, 0.717) is 12.8 Å². The van der Waals surface area contributed by atoms with Crippen molar-refractivity contribution >= 4 is 16.9 Å². The second kappa shape index (κ2) is 6.90. The number of hydrogen-bond acceptors (Lipinski definition) is 4. The van der Waals surface area contributed by atoms with Gasteiger partial charge in [-0.2, -0.15) is 5.26 Å². The molecule has 2 aromatic rings. The highest BCUT2D eigenvalue weighted by Crippen LogP contribution is 2.36. The van der Waals surface area contributed by atoms with Gasteiger partial charge in [-0.05, 0) is 24.5 Å². The van der Waals surface area contributed by atoms with Crippen molar-refractivity contribution in [1.82, 2.24) is 9.88 Å². The zero-order valence-corrected chi connectivity index (χ0v) is 14.0. The van der Waals surface area contributed by atoms with Crippen molar-refractivity contribution < 1.29 is 9.53 Å². The summed E-state index contributed by atoms with van der Waals surface area (Å²) in [4.78, 5) is 11.3. The average molecular weight is 323 g/mol. The van der Waals surface area contributed by atoms with E-state index in [2.05, 4.69) is 45.9 Å². The van der Waals surface area contributed by atoms with Crippen LogP contribution in [0.1, 0.15) is 30.1 Å². The standard InChI is InChI=1S/C19H21N3O2/c1-22-17-8-4-3-6-14(17)15-12-13(10-11-20)21-16(19(15)22)7-5-9-18(23)24-2/h3-6,8-9,13,16,21H,7,10,12H2,1-2H3/b9-5-/t13-,16+/m1/s1. The minimum atomic E-state index is -0.350. The number of aromatic nitrogens is 1. The molecule has 0 radical (unpaired) electrons. The summed E-state index contributed by atoms with van der Waals surface area (Å²) in [6.45, 7) is 0. The molecule has 0 saturated heterocycles. The number of esters is 1. The van der Waals surface area contributed by atoms with Gasteiger partial charge in [-0.1, -0.05) is 24.3 Å². The number of hydrogen-bond donors (Lipinski definition) is 1. The zero-order valence-electron chi connectivity index (χ0n) is 14.0. The number of fused-ring (bicyclic) bond motifs is 3. The quantitative estimate of drug-likeness (QED) is 0.694. The minimum Gasteiger partial charge on any atom is -0.466 e. The number of rotatable bonds is 4. The average Bonchev–Trinajstić information content (AvgIpc) is 2.88. The molecule has 0 bridgehead atoms. The third-order valence-electron chi connectivity index (χ3n) is 4.64. The van der Waals surface area contributed by atoms with Crippen LogP contribution in [0, 0.1) is 11.3 Å². The van der Waals surface area contributed by atoms with E-state index in [1.807, 2.05) is 12.1 Å². The third kappa shape index (κ3) is 2.93. The Morgan fingerprint density at radius 3 is 3.04 bits per heavy atom. The highest BCUT2D eigenvalue weighted by atomic mass is 16.5. The summed E-state index contributed by atoms with van der Waals surface area (Å²) in [6, 6.07) is 10.8. The molecule has 0 saturated carbocycles. The van der Waals surface area contributed by atoms with E-state index in [-0.39, 0.29) is 18.1 Å². The van der Waals surface area contributed by atoms with Crippen LogP contribution in [-0.2, 0) is 23.0 Å². The molecule has 1 N–H and O–H groups in total. The Kier molecular flexibility index (Phi) is 4.68. The predicted molar refractivity (Wildman–Crippen MR) is 92.3 cm³/mol. The number of nitrogens with one attached hydrogen (secondary N) is 1. The molecule has 5 nitrogen and oxygen atoms in total. The second-order valence-electron chi connectivity index (χ2n) is 6.08. The van der Waals surface area contributed by atoms with Gasteiger partial charge >= 0.3 is 5.97 Å². The molecule has 1 aliphatic heterocycles. The molecule has 2 atom stereocenters. The number of nitrogens with zero attached hydrogens (tertiary/aromatic N) is 2. The van der Waals surface area contributed by atoms with E-state index in [1.165, 1.54) is 35.3 Å². The lowest BCUT2D eigenvalue weighted by Gasteiger charge is -2.31. The van der Waals surface area contributed by atoms with Crippen molar-refractivity contribution in [2.24, 2.45) is 7.05 Å². The van der Waals surface area contributed by atoms with Crippen LogP contribution < -0.4 is 5.32 Å². The maximum atomic E-state index is 11.3. The molecule has 2 heterocycles. The first kappa shape index (κ1) is 16.3. The number of para-hydroxylation sites is 1. The maximum Gasteiger partial charge on any atom is 0.330 e. The first-order chi connectivity index (χ1) is 11.7. The van der Waals surface area contributed by atoms with Crippen LogP contribution >= 0.6 is 0 Å². The number of methoxy groups -OCH3 is 1. The molecule has 0 spiro atoms. The fourth-order valence-electron chi connectivity index (χ4n) is 3.61. The number of ether oxygens (including phenoxy) is 1. The number of aryl methyl sites for hydroxylation is 1. The smallest absolute Gasteiger partial charge is 0.330 e. The second-order valence-corrected chi connectivity index (χ2v) is 6.08. The summed E-state index contributed by atoms with van der Waals surface area (Å²) in [5.74, 6) is -0.350. The predicted octanol–water partition coefficient (Wildman–Crippen LogP) is 2.77. The fourth-order valence-corrected chi connectivity index (χ4v) is 3.61. The van der Waals surface area contributed by atoms with Crippen molar-refractivity contribution in [1.29, 1.82) is 5.26 Å². The van der Waals surface area contributed by atoms with E-state index in [1.54, 1.807) is 0 Å². The number of nitriles is 1. The zero-order chi connectivity index (χ0) is 17.1. The van der Waals surface area contributed by atoms with Gasteiger partial charge in [0.2, 0.25) is 0 Å². The molecule has 5 heteroatoms. The summed E-state index contributed by atoms with van der Waals surface area (Å²) in [6.07, 6.45) is 5.28.